The molecule has 1 saturated heterocycles. The topological polar surface area (TPSA) is 82.3 Å². The Labute approximate surface area is 155 Å². The monoisotopic (exact) mass is 357 g/mol. The zero-order valence-corrected chi connectivity index (χ0v) is 15.9. The fourth-order valence-corrected chi connectivity index (χ4v) is 3.93. The first-order valence-corrected chi connectivity index (χ1v) is 9.65. The van der Waals surface area contributed by atoms with Crippen LogP contribution in [0.4, 0.5) is 0 Å². The lowest BCUT2D eigenvalue weighted by molar-refractivity contribution is -0.118. The Hall–Kier alpha value is -1.85. The standard InChI is InChI=1S/C21H31N3O2/c1-21(2,26)9-7-15-5-6-19-18(12-15)16(14-23-19)13-17-4-3-10-24(17)11-8-20(22)25/h5-6,12,14,17,23,26H,3-4,7-11,13H2,1-2H3,(H2,22,25)/t17-/m1/s1. The first kappa shape index (κ1) is 18.9. The van der Waals surface area contributed by atoms with Gasteiger partial charge in [-0.15, -0.1) is 0 Å². The van der Waals surface area contributed by atoms with Gasteiger partial charge in [-0.2, -0.15) is 0 Å². The first-order valence-electron chi connectivity index (χ1n) is 9.65. The number of nitrogens with one attached hydrogen (secondary N) is 1. The summed E-state index contributed by atoms with van der Waals surface area (Å²) in [5.41, 5.74) is 8.43. The Morgan fingerprint density at radius 3 is 2.96 bits per heavy atom. The lowest BCUT2D eigenvalue weighted by Gasteiger charge is -2.23. The van der Waals surface area contributed by atoms with Gasteiger partial charge in [0, 0.05) is 36.1 Å². The second-order valence-corrected chi connectivity index (χ2v) is 8.26. The van der Waals surface area contributed by atoms with E-state index in [1.54, 1.807) is 0 Å². The number of fused-ring (bicyclic) bond motifs is 1. The summed E-state index contributed by atoms with van der Waals surface area (Å²) < 4.78 is 0. The maximum Gasteiger partial charge on any atom is 0.218 e. The zero-order valence-electron chi connectivity index (χ0n) is 15.9. The van der Waals surface area contributed by atoms with Gasteiger partial charge >= 0.3 is 0 Å². The van der Waals surface area contributed by atoms with Crippen molar-refractivity contribution in [1.29, 1.82) is 0 Å². The second kappa shape index (κ2) is 7.80. The minimum absolute atomic E-state index is 0.223. The molecule has 2 aromatic rings. The van der Waals surface area contributed by atoms with Gasteiger partial charge < -0.3 is 15.8 Å². The molecule has 1 aromatic heterocycles. The number of likely N-dealkylation sites (tertiary alicyclic amines) is 1. The van der Waals surface area contributed by atoms with Gasteiger partial charge in [0.1, 0.15) is 0 Å². The molecule has 1 aromatic carbocycles. The van der Waals surface area contributed by atoms with Crippen LogP contribution in [0.15, 0.2) is 24.4 Å². The van der Waals surface area contributed by atoms with E-state index >= 15 is 0 Å². The third kappa shape index (κ3) is 4.86. The highest BCUT2D eigenvalue weighted by molar-refractivity contribution is 5.84. The number of aryl methyl sites for hydroxylation is 1. The van der Waals surface area contributed by atoms with Crippen molar-refractivity contribution in [1.82, 2.24) is 9.88 Å². The zero-order chi connectivity index (χ0) is 18.7. The van der Waals surface area contributed by atoms with Crippen molar-refractivity contribution in [3.63, 3.8) is 0 Å². The van der Waals surface area contributed by atoms with E-state index in [4.69, 9.17) is 5.73 Å². The minimum Gasteiger partial charge on any atom is -0.390 e. The Morgan fingerprint density at radius 2 is 2.23 bits per heavy atom. The van der Waals surface area contributed by atoms with E-state index in [0.29, 0.717) is 12.5 Å². The number of hydrogen-bond acceptors (Lipinski definition) is 3. The molecular weight excluding hydrogens is 326 g/mol. The lowest BCUT2D eigenvalue weighted by Crippen LogP contribution is -2.34. The van der Waals surface area contributed by atoms with Crippen molar-refractivity contribution in [2.45, 2.75) is 64.0 Å². The van der Waals surface area contributed by atoms with Crippen LogP contribution in [-0.4, -0.2) is 45.6 Å². The van der Waals surface area contributed by atoms with Crippen molar-refractivity contribution in [2.75, 3.05) is 13.1 Å². The summed E-state index contributed by atoms with van der Waals surface area (Å²) in [6, 6.07) is 7.02. The minimum atomic E-state index is -0.638. The average Bonchev–Trinajstić information content (AvgIpc) is 3.18. The number of carbonyl (C=O) groups is 1. The first-order chi connectivity index (χ1) is 12.3. The molecule has 1 fully saturated rings. The van der Waals surface area contributed by atoms with Gasteiger partial charge in [-0.3, -0.25) is 9.69 Å². The van der Waals surface area contributed by atoms with Gasteiger partial charge in [-0.05, 0) is 75.8 Å². The van der Waals surface area contributed by atoms with Crippen molar-refractivity contribution >= 4 is 16.8 Å². The van der Waals surface area contributed by atoms with Gasteiger partial charge in [-0.1, -0.05) is 6.07 Å². The van der Waals surface area contributed by atoms with E-state index in [1.165, 1.54) is 29.4 Å². The highest BCUT2D eigenvalue weighted by atomic mass is 16.3. The number of nitrogens with two attached hydrogens (primary N) is 1. The van der Waals surface area contributed by atoms with Gasteiger partial charge in [0.05, 0.1) is 5.60 Å². The van der Waals surface area contributed by atoms with Gasteiger partial charge in [-0.25, -0.2) is 0 Å². The van der Waals surface area contributed by atoms with Crippen molar-refractivity contribution in [2.24, 2.45) is 5.73 Å². The number of benzene rings is 1. The third-order valence-electron chi connectivity index (χ3n) is 5.46. The molecule has 0 radical (unpaired) electrons. The summed E-state index contributed by atoms with van der Waals surface area (Å²) in [6.45, 7) is 5.53. The largest absolute Gasteiger partial charge is 0.390 e. The van der Waals surface area contributed by atoms with E-state index in [2.05, 4.69) is 34.3 Å². The smallest absolute Gasteiger partial charge is 0.218 e. The van der Waals surface area contributed by atoms with Crippen LogP contribution in [0.3, 0.4) is 0 Å². The molecule has 142 valence electrons. The molecule has 5 heteroatoms. The molecule has 1 aliphatic heterocycles. The van der Waals surface area contributed by atoms with Crippen molar-refractivity contribution < 1.29 is 9.90 Å². The number of hydrogen-bond donors (Lipinski definition) is 3. The Morgan fingerprint density at radius 1 is 1.42 bits per heavy atom. The number of carbonyl (C=O) groups excluding carboxylic acids is 1. The predicted octanol–water partition coefficient (Wildman–Crippen LogP) is 2.75. The normalized spacial score (nSPS) is 18.7. The Bertz CT molecular complexity index is 760. The van der Waals surface area contributed by atoms with Crippen LogP contribution < -0.4 is 5.73 Å². The van der Waals surface area contributed by atoms with Crippen molar-refractivity contribution in [3.8, 4) is 0 Å². The van der Waals surface area contributed by atoms with Crippen LogP contribution in [-0.2, 0) is 17.6 Å². The summed E-state index contributed by atoms with van der Waals surface area (Å²) in [5.74, 6) is -0.223. The summed E-state index contributed by atoms with van der Waals surface area (Å²) in [6.07, 6.45) is 7.53. The molecule has 4 N–H and O–H groups in total. The summed E-state index contributed by atoms with van der Waals surface area (Å²) in [5, 5.41) is 11.2. The quantitative estimate of drug-likeness (QED) is 0.679. The van der Waals surface area contributed by atoms with Crippen LogP contribution in [0.5, 0.6) is 0 Å². The van der Waals surface area contributed by atoms with Crippen LogP contribution >= 0.6 is 0 Å². The highest BCUT2D eigenvalue weighted by Gasteiger charge is 2.25. The summed E-state index contributed by atoms with van der Waals surface area (Å²) >= 11 is 0. The molecule has 2 heterocycles. The molecule has 1 aliphatic rings. The van der Waals surface area contributed by atoms with E-state index in [0.717, 1.165) is 37.9 Å². The number of amides is 1. The molecular formula is C21H31N3O2. The molecule has 5 nitrogen and oxygen atoms in total. The molecule has 0 bridgehead atoms. The Kier molecular flexibility index (Phi) is 5.68. The third-order valence-corrected chi connectivity index (χ3v) is 5.46. The SMILES string of the molecule is CC(C)(O)CCc1ccc2[nH]cc(C[C@H]3CCCN3CCC(N)=O)c2c1. The van der Waals surface area contributed by atoms with E-state index in [1.807, 2.05) is 13.8 Å². The fraction of sp³-hybridized carbons (Fsp3) is 0.571. The van der Waals surface area contributed by atoms with Crippen LogP contribution in [0.2, 0.25) is 0 Å². The van der Waals surface area contributed by atoms with Gasteiger partial charge in [0.15, 0.2) is 0 Å². The molecule has 0 spiro atoms. The van der Waals surface area contributed by atoms with Gasteiger partial charge in [0.2, 0.25) is 5.91 Å². The second-order valence-electron chi connectivity index (χ2n) is 8.26. The molecule has 26 heavy (non-hydrogen) atoms. The predicted molar refractivity (Wildman–Crippen MR) is 105 cm³/mol. The highest BCUT2D eigenvalue weighted by Crippen LogP contribution is 2.27. The number of rotatable bonds is 8. The van der Waals surface area contributed by atoms with E-state index in [-0.39, 0.29) is 5.91 Å². The molecule has 0 saturated carbocycles. The number of nitrogens with zero attached hydrogens (tertiary/aromatic N) is 1. The molecule has 3 rings (SSSR count). The number of primary amides is 1. The van der Waals surface area contributed by atoms with E-state index < -0.39 is 5.60 Å². The number of H-pyrrole nitrogens is 1. The van der Waals surface area contributed by atoms with Gasteiger partial charge in [0.25, 0.3) is 0 Å². The molecule has 0 aliphatic carbocycles. The molecule has 1 amide bonds. The maximum atomic E-state index is 11.1. The molecule has 1 atom stereocenters. The van der Waals surface area contributed by atoms with Crippen LogP contribution in [0, 0.1) is 0 Å². The number of aromatic amines is 1. The number of aliphatic hydroxyl groups is 1. The van der Waals surface area contributed by atoms with Crippen LogP contribution in [0.25, 0.3) is 10.9 Å². The average molecular weight is 357 g/mol. The lowest BCUT2D eigenvalue weighted by atomic mass is 9.96. The Balaban J connectivity index is 1.72. The van der Waals surface area contributed by atoms with E-state index in [9.17, 15) is 9.90 Å². The number of aromatic nitrogens is 1. The summed E-state index contributed by atoms with van der Waals surface area (Å²) in [4.78, 5) is 16.9. The van der Waals surface area contributed by atoms with Crippen LogP contribution in [0.1, 0.15) is 50.7 Å². The maximum absolute atomic E-state index is 11.1. The molecule has 0 unspecified atom stereocenters. The fourth-order valence-electron chi connectivity index (χ4n) is 3.93. The summed E-state index contributed by atoms with van der Waals surface area (Å²) in [7, 11) is 0. The van der Waals surface area contributed by atoms with Crippen molar-refractivity contribution in [3.05, 3.63) is 35.5 Å².